The van der Waals surface area contributed by atoms with Gasteiger partial charge in [-0.1, -0.05) is 20.1 Å². The van der Waals surface area contributed by atoms with Gasteiger partial charge in [-0.3, -0.25) is 0 Å². The van der Waals surface area contributed by atoms with Crippen LogP contribution in [0.5, 0.6) is 0 Å². The van der Waals surface area contributed by atoms with Crippen molar-refractivity contribution in [3.8, 4) is 0 Å². The molecule has 0 saturated carbocycles. The first-order chi connectivity index (χ1) is 13.2. The van der Waals surface area contributed by atoms with E-state index >= 15 is 0 Å². The van der Waals surface area contributed by atoms with Crippen molar-refractivity contribution in [3.05, 3.63) is 24.3 Å². The van der Waals surface area contributed by atoms with Gasteiger partial charge >= 0.3 is 18.0 Å². The lowest BCUT2D eigenvalue weighted by atomic mass is 9.88. The summed E-state index contributed by atoms with van der Waals surface area (Å²) in [6.45, 7) is 12.5. The average molecular weight is 395 g/mol. The fourth-order valence-electron chi connectivity index (χ4n) is 1.96. The predicted octanol–water partition coefficient (Wildman–Crippen LogP) is 2.36. The van der Waals surface area contributed by atoms with Gasteiger partial charge in [-0.25, -0.2) is 14.4 Å². The van der Waals surface area contributed by atoms with Crippen LogP contribution in [0.25, 0.3) is 0 Å². The van der Waals surface area contributed by atoms with E-state index in [2.05, 4.69) is 13.2 Å². The zero-order chi connectivity index (χ0) is 21.7. The van der Waals surface area contributed by atoms with Crippen LogP contribution in [0, 0.1) is 16.2 Å². The van der Waals surface area contributed by atoms with E-state index in [1.54, 1.807) is 6.92 Å². The summed E-state index contributed by atoms with van der Waals surface area (Å²) < 4.78 is 15.7. The molecular formula is C19H29N3O6. The van der Waals surface area contributed by atoms with Gasteiger partial charge in [0, 0.05) is 25.5 Å². The van der Waals surface area contributed by atoms with Crippen molar-refractivity contribution >= 4 is 30.5 Å². The van der Waals surface area contributed by atoms with Crippen molar-refractivity contribution in [1.82, 2.24) is 4.90 Å². The summed E-state index contributed by atoms with van der Waals surface area (Å²) in [4.78, 5) is 37.3. The molecule has 0 aliphatic carbocycles. The summed E-state index contributed by atoms with van der Waals surface area (Å²) in [5.41, 5.74) is -1.28. The molecule has 0 spiro atoms. The lowest BCUT2D eigenvalue weighted by Gasteiger charge is -2.32. The number of esters is 2. The molecule has 1 amide bonds. The van der Waals surface area contributed by atoms with E-state index in [9.17, 15) is 14.4 Å². The van der Waals surface area contributed by atoms with E-state index in [1.165, 1.54) is 4.90 Å². The molecule has 0 aliphatic rings. The third-order valence-corrected chi connectivity index (χ3v) is 4.17. The molecule has 9 heteroatoms. The van der Waals surface area contributed by atoms with Crippen LogP contribution >= 0.6 is 0 Å². The molecule has 2 N–H and O–H groups in total. The molecule has 0 aromatic rings. The largest absolute Gasteiger partial charge is 0.461 e. The number of hydrogen-bond acceptors (Lipinski definition) is 8. The Balaban J connectivity index is 5.30. The Bertz CT molecular complexity index is 589. The monoisotopic (exact) mass is 395 g/mol. The van der Waals surface area contributed by atoms with Gasteiger partial charge < -0.3 is 29.9 Å². The van der Waals surface area contributed by atoms with Crippen molar-refractivity contribution in [2.75, 3.05) is 32.9 Å². The molecule has 0 atom stereocenters. The van der Waals surface area contributed by atoms with Crippen LogP contribution in [-0.4, -0.2) is 68.3 Å². The summed E-state index contributed by atoms with van der Waals surface area (Å²) in [5, 5.41) is 14.1. The molecule has 0 unspecified atom stereocenters. The Morgan fingerprint density at radius 3 is 1.57 bits per heavy atom. The second-order valence-electron chi connectivity index (χ2n) is 6.07. The Hall–Kier alpha value is -2.97. The Morgan fingerprint density at radius 2 is 1.25 bits per heavy atom. The topological polar surface area (TPSA) is 130 Å². The Kier molecular flexibility index (Phi) is 11.1. The molecule has 0 saturated heterocycles. The van der Waals surface area contributed by atoms with Crippen molar-refractivity contribution in [1.29, 1.82) is 10.8 Å². The van der Waals surface area contributed by atoms with Crippen molar-refractivity contribution in [2.24, 2.45) is 5.41 Å². The molecule has 0 rings (SSSR count). The summed E-state index contributed by atoms with van der Waals surface area (Å²) >= 11 is 0. The minimum Gasteiger partial charge on any atom is -0.461 e. The molecular weight excluding hydrogens is 366 g/mol. The molecule has 156 valence electrons. The quantitative estimate of drug-likeness (QED) is 0.213. The highest BCUT2D eigenvalue weighted by Gasteiger charge is 2.35. The second-order valence-corrected chi connectivity index (χ2v) is 6.07. The SMILES string of the molecule is C=C(C=N)C(=O)OCC(CC)(COC(=O)C(=C)C=N)COC(=O)N(CC)CC. The van der Waals surface area contributed by atoms with Gasteiger partial charge in [-0.2, -0.15) is 0 Å². The van der Waals surface area contributed by atoms with E-state index in [0.717, 1.165) is 12.4 Å². The van der Waals surface area contributed by atoms with Gasteiger partial charge in [-0.05, 0) is 20.3 Å². The van der Waals surface area contributed by atoms with E-state index in [-0.39, 0.29) is 31.0 Å². The number of nitrogens with zero attached hydrogens (tertiary/aromatic N) is 1. The van der Waals surface area contributed by atoms with Crippen LogP contribution < -0.4 is 0 Å². The van der Waals surface area contributed by atoms with Gasteiger partial charge in [0.1, 0.15) is 19.8 Å². The third kappa shape index (κ3) is 7.73. The fraction of sp³-hybridized carbons (Fsp3) is 0.526. The smallest absolute Gasteiger partial charge is 0.409 e. The number of amides is 1. The third-order valence-electron chi connectivity index (χ3n) is 4.17. The van der Waals surface area contributed by atoms with Gasteiger partial charge in [0.05, 0.1) is 16.6 Å². The fourth-order valence-corrected chi connectivity index (χ4v) is 1.96. The summed E-state index contributed by atoms with van der Waals surface area (Å²) in [7, 11) is 0. The van der Waals surface area contributed by atoms with Gasteiger partial charge in [0.2, 0.25) is 0 Å². The van der Waals surface area contributed by atoms with Crippen molar-refractivity contribution in [3.63, 3.8) is 0 Å². The minimum absolute atomic E-state index is 0.140. The Morgan fingerprint density at radius 1 is 0.857 bits per heavy atom. The zero-order valence-corrected chi connectivity index (χ0v) is 16.7. The van der Waals surface area contributed by atoms with E-state index in [0.29, 0.717) is 19.5 Å². The maximum Gasteiger partial charge on any atom is 0.409 e. The molecule has 0 radical (unpaired) electrons. The normalized spacial score (nSPS) is 12.1. The Labute approximate surface area is 165 Å². The highest BCUT2D eigenvalue weighted by Crippen LogP contribution is 2.25. The van der Waals surface area contributed by atoms with Crippen LogP contribution in [0.4, 0.5) is 4.79 Å². The van der Waals surface area contributed by atoms with Gasteiger partial charge in [0.15, 0.2) is 0 Å². The maximum absolute atomic E-state index is 12.2. The second kappa shape index (κ2) is 12.4. The number of rotatable bonds is 13. The van der Waals surface area contributed by atoms with Gasteiger partial charge in [0.25, 0.3) is 0 Å². The summed E-state index contributed by atoms with van der Waals surface area (Å²) in [6, 6.07) is 0. The molecule has 28 heavy (non-hydrogen) atoms. The summed E-state index contributed by atoms with van der Waals surface area (Å²) in [5.74, 6) is -1.59. The van der Waals surface area contributed by atoms with E-state index in [1.807, 2.05) is 13.8 Å². The maximum atomic E-state index is 12.2. The highest BCUT2D eigenvalue weighted by molar-refractivity contribution is 6.08. The highest BCUT2D eigenvalue weighted by atomic mass is 16.6. The number of ether oxygens (including phenoxy) is 3. The number of hydrogen-bond donors (Lipinski definition) is 2. The molecule has 9 nitrogen and oxygen atoms in total. The molecule has 0 heterocycles. The lowest BCUT2D eigenvalue weighted by molar-refractivity contribution is -0.151. The summed E-state index contributed by atoms with van der Waals surface area (Å²) in [6.07, 6.45) is 1.36. The number of carbonyl (C=O) groups excluding carboxylic acids is 3. The first-order valence-electron chi connectivity index (χ1n) is 8.84. The molecule has 0 aromatic heterocycles. The average Bonchev–Trinajstić information content (AvgIpc) is 2.72. The van der Waals surface area contributed by atoms with E-state index in [4.69, 9.17) is 25.0 Å². The van der Waals surface area contributed by atoms with Crippen LogP contribution in [-0.2, 0) is 23.8 Å². The molecule has 0 aromatic carbocycles. The molecule has 0 fully saturated rings. The van der Waals surface area contributed by atoms with Crippen LogP contribution in [0.3, 0.4) is 0 Å². The van der Waals surface area contributed by atoms with Crippen LogP contribution in [0.1, 0.15) is 27.2 Å². The predicted molar refractivity (Wildman–Crippen MR) is 105 cm³/mol. The first-order valence-corrected chi connectivity index (χ1v) is 8.84. The number of nitrogens with one attached hydrogen (secondary N) is 2. The first kappa shape index (κ1) is 25.0. The van der Waals surface area contributed by atoms with Crippen LogP contribution in [0.15, 0.2) is 24.3 Å². The van der Waals surface area contributed by atoms with Gasteiger partial charge in [-0.15, -0.1) is 0 Å². The standard InChI is InChI=1S/C19H29N3O6/c1-6-19(11-26-16(23)14(4)9-20,12-27-17(24)15(5)10-21)13-28-18(25)22(7-2)8-3/h9-10,20-21H,4-8,11-13H2,1-3H3. The number of carbonyl (C=O) groups is 3. The molecule has 0 aliphatic heterocycles. The lowest BCUT2D eigenvalue weighted by Crippen LogP contribution is -2.41. The molecule has 0 bridgehead atoms. The van der Waals surface area contributed by atoms with Crippen molar-refractivity contribution < 1.29 is 28.6 Å². The zero-order valence-electron chi connectivity index (χ0n) is 16.7. The van der Waals surface area contributed by atoms with Crippen LogP contribution in [0.2, 0.25) is 0 Å². The van der Waals surface area contributed by atoms with Crippen molar-refractivity contribution in [2.45, 2.75) is 27.2 Å². The van der Waals surface area contributed by atoms with E-state index < -0.39 is 23.4 Å². The minimum atomic E-state index is -1.00.